The molecule has 0 nitrogen and oxygen atoms in total. The van der Waals surface area contributed by atoms with Gasteiger partial charge in [-0.05, 0) is 19.3 Å². The van der Waals surface area contributed by atoms with E-state index in [1.807, 2.05) is 19.1 Å². The van der Waals surface area contributed by atoms with Crippen molar-refractivity contribution in [1.82, 2.24) is 0 Å². The Morgan fingerprint density at radius 3 is 1.89 bits per heavy atom. The summed E-state index contributed by atoms with van der Waals surface area (Å²) in [6, 6.07) is 11.2. The molecule has 0 radical (unpaired) electrons. The third kappa shape index (κ3) is 7.16. The van der Waals surface area contributed by atoms with Crippen LogP contribution < -0.4 is 0 Å². The molecule has 0 aliphatic carbocycles. The molecule has 1 aromatic carbocycles. The molecular weight excluding hydrogens is 388 g/mol. The van der Waals surface area contributed by atoms with Gasteiger partial charge in [-0.1, -0.05) is 38.8 Å². The molecule has 18 heavy (non-hydrogen) atoms. The Morgan fingerprint density at radius 1 is 1.17 bits per heavy atom. The Bertz CT molecular complexity index is 342. The van der Waals surface area contributed by atoms with Gasteiger partial charge < -0.3 is 6.92 Å². The number of rotatable bonds is 1. The van der Waals surface area contributed by atoms with Crippen molar-refractivity contribution in [3.05, 3.63) is 48.4 Å². The molecule has 0 amide bonds. The zero-order valence-corrected chi connectivity index (χ0v) is 15.6. The molecule has 0 fully saturated rings. The molecule has 100 valence electrons. The Morgan fingerprint density at radius 2 is 1.56 bits per heavy atom. The van der Waals surface area contributed by atoms with Crippen LogP contribution in [0, 0.1) is 18.4 Å². The summed E-state index contributed by atoms with van der Waals surface area (Å²) in [5, 5.41) is 0. The zero-order valence-electron chi connectivity index (χ0n) is 12.6. The molecule has 0 heterocycles. The predicted molar refractivity (Wildman–Crippen MR) is 78.6 cm³/mol. The normalized spacial score (nSPS) is 11.7. The van der Waals surface area contributed by atoms with E-state index in [0.717, 1.165) is 6.42 Å². The van der Waals surface area contributed by atoms with Crippen molar-refractivity contribution in [3.63, 3.8) is 0 Å². The Labute approximate surface area is 128 Å². The molecule has 0 aliphatic heterocycles. The van der Waals surface area contributed by atoms with E-state index >= 15 is 0 Å². The van der Waals surface area contributed by atoms with Gasteiger partial charge in [0.05, 0.1) is 0 Å². The topological polar surface area (TPSA) is 0 Å². The molecule has 0 N–H and O–H groups in total. The average Bonchev–Trinajstić information content (AvgIpc) is 2.28. The molecule has 0 saturated carbocycles. The number of allylic oxidation sites excluding steroid dienone is 2. The van der Waals surface area contributed by atoms with Crippen molar-refractivity contribution in [2.45, 2.75) is 48.0 Å². The van der Waals surface area contributed by atoms with E-state index in [0.29, 0.717) is 0 Å². The summed E-state index contributed by atoms with van der Waals surface area (Å²) >= 11 is 0. The largest absolute Gasteiger partial charge is 2.00 e. The molecular formula is C17H26W. The summed E-state index contributed by atoms with van der Waals surface area (Å²) in [6.45, 7) is 16.7. The Kier molecular flexibility index (Phi) is 10.6. The molecule has 1 aromatic rings. The molecule has 0 saturated heterocycles. The second-order valence-corrected chi connectivity index (χ2v) is 5.29. The summed E-state index contributed by atoms with van der Waals surface area (Å²) in [5.41, 5.74) is 4.38. The smallest absolute Gasteiger partial charge is 0.344 e. The van der Waals surface area contributed by atoms with Crippen LogP contribution in [0.15, 0.2) is 29.8 Å². The molecule has 0 atom stereocenters. The van der Waals surface area contributed by atoms with Gasteiger partial charge in [-0.3, -0.25) is 0 Å². The van der Waals surface area contributed by atoms with Crippen LogP contribution in [0.3, 0.4) is 0 Å². The standard InChI is InChI=1S/C14H19.C3H7.W/c1-11(12(2)14(3,4)5)13-9-7-6-8-10-13;1-3-2;/h7-10H,1-5H3;1,3H2,2H3;/q2*-1;+2/b12-11+;;. The molecule has 0 spiro atoms. The minimum atomic E-state index is 0. The molecule has 0 aromatic heterocycles. The van der Waals surface area contributed by atoms with Crippen molar-refractivity contribution in [1.29, 1.82) is 0 Å². The molecule has 0 bridgehead atoms. The fourth-order valence-electron chi connectivity index (χ4n) is 1.42. The number of benzene rings is 1. The van der Waals surface area contributed by atoms with Crippen LogP contribution in [0.4, 0.5) is 0 Å². The minimum absolute atomic E-state index is 0. The predicted octanol–water partition coefficient (Wildman–Crippen LogP) is 5.55. The van der Waals surface area contributed by atoms with Crippen molar-refractivity contribution >= 4 is 5.57 Å². The summed E-state index contributed by atoms with van der Waals surface area (Å²) in [4.78, 5) is 0. The second-order valence-electron chi connectivity index (χ2n) is 5.29. The SMILES string of the molecule is C/C(=C(/C)C(C)(C)C)c1cc[c-]cc1.[CH2-]CC.[W+2]. The van der Waals surface area contributed by atoms with E-state index in [-0.39, 0.29) is 26.5 Å². The summed E-state index contributed by atoms with van der Waals surface area (Å²) in [7, 11) is 0. The van der Waals surface area contributed by atoms with Crippen LogP contribution in [0.25, 0.3) is 5.57 Å². The van der Waals surface area contributed by atoms with Gasteiger partial charge in [-0.2, -0.15) is 36.8 Å². The number of hydrogen-bond donors (Lipinski definition) is 0. The van der Waals surface area contributed by atoms with Gasteiger partial charge in [-0.15, -0.1) is 5.56 Å². The van der Waals surface area contributed by atoms with Crippen molar-refractivity contribution in [3.8, 4) is 0 Å². The van der Waals surface area contributed by atoms with Crippen LogP contribution in [0.2, 0.25) is 0 Å². The Balaban J connectivity index is 0. The van der Waals surface area contributed by atoms with Crippen LogP contribution in [-0.4, -0.2) is 0 Å². The Hall–Kier alpha value is -0.352. The molecule has 0 unspecified atom stereocenters. The maximum Gasteiger partial charge on any atom is 2.00 e. The maximum absolute atomic E-state index is 3.49. The first-order valence-corrected chi connectivity index (χ1v) is 6.28. The van der Waals surface area contributed by atoms with Gasteiger partial charge >= 0.3 is 21.1 Å². The first-order chi connectivity index (χ1) is 7.84. The van der Waals surface area contributed by atoms with Crippen molar-refractivity contribution in [2.75, 3.05) is 0 Å². The van der Waals surface area contributed by atoms with Crippen LogP contribution in [0.1, 0.15) is 53.5 Å². The van der Waals surface area contributed by atoms with Gasteiger partial charge in [-0.25, -0.2) is 0 Å². The first-order valence-electron chi connectivity index (χ1n) is 6.28. The van der Waals surface area contributed by atoms with Gasteiger partial charge in [0.25, 0.3) is 0 Å². The summed E-state index contributed by atoms with van der Waals surface area (Å²) in [6.07, 6.45) is 1.00. The van der Waals surface area contributed by atoms with Crippen LogP contribution >= 0.6 is 0 Å². The van der Waals surface area contributed by atoms with Crippen molar-refractivity contribution in [2.24, 2.45) is 5.41 Å². The molecule has 1 rings (SSSR count). The van der Waals surface area contributed by atoms with E-state index < -0.39 is 0 Å². The van der Waals surface area contributed by atoms with Gasteiger partial charge in [0.1, 0.15) is 0 Å². The van der Waals surface area contributed by atoms with E-state index in [9.17, 15) is 0 Å². The molecule has 1 heteroatoms. The van der Waals surface area contributed by atoms with Crippen molar-refractivity contribution < 1.29 is 21.1 Å². The van der Waals surface area contributed by atoms with Crippen LogP contribution in [0.5, 0.6) is 0 Å². The average molecular weight is 414 g/mol. The van der Waals surface area contributed by atoms with E-state index in [1.54, 1.807) is 0 Å². The monoisotopic (exact) mass is 414 g/mol. The van der Waals surface area contributed by atoms with E-state index in [2.05, 4.69) is 59.7 Å². The zero-order chi connectivity index (χ0) is 13.5. The van der Waals surface area contributed by atoms with Gasteiger partial charge in [0.2, 0.25) is 0 Å². The molecule has 0 aliphatic rings. The fraction of sp³-hybridized carbons (Fsp3) is 0.471. The minimum Gasteiger partial charge on any atom is -0.344 e. The maximum atomic E-state index is 3.49. The fourth-order valence-corrected chi connectivity index (χ4v) is 1.42. The third-order valence-corrected chi connectivity index (χ3v) is 2.84. The third-order valence-electron chi connectivity index (χ3n) is 2.84. The summed E-state index contributed by atoms with van der Waals surface area (Å²) < 4.78 is 0. The van der Waals surface area contributed by atoms with Gasteiger partial charge in [0.15, 0.2) is 0 Å². The second kappa shape index (κ2) is 9.56. The quantitative estimate of drug-likeness (QED) is 0.529. The van der Waals surface area contributed by atoms with E-state index in [1.165, 1.54) is 16.7 Å². The summed E-state index contributed by atoms with van der Waals surface area (Å²) in [5.74, 6) is 0. The van der Waals surface area contributed by atoms with E-state index in [4.69, 9.17) is 0 Å². The number of hydrogen-bond acceptors (Lipinski definition) is 0. The van der Waals surface area contributed by atoms with Gasteiger partial charge in [0, 0.05) is 0 Å². The van der Waals surface area contributed by atoms with Crippen LogP contribution in [-0.2, 0) is 21.1 Å². The first kappa shape index (κ1) is 20.0.